The van der Waals surface area contributed by atoms with Crippen molar-refractivity contribution in [1.29, 1.82) is 0 Å². The fourth-order valence-electron chi connectivity index (χ4n) is 3.68. The molecule has 0 N–H and O–H groups in total. The number of hydrogen-bond donors (Lipinski definition) is 0. The smallest absolute Gasteiger partial charge is 0.136 e. The number of ether oxygens (including phenoxy) is 1. The molecule has 0 aliphatic heterocycles. The van der Waals surface area contributed by atoms with Crippen LogP contribution in [0, 0.1) is 5.92 Å². The van der Waals surface area contributed by atoms with Crippen molar-refractivity contribution < 1.29 is 9.53 Å². The van der Waals surface area contributed by atoms with Crippen LogP contribution in [0.2, 0.25) is 0 Å². The predicted molar refractivity (Wildman–Crippen MR) is 75.6 cm³/mol. The first-order valence-corrected chi connectivity index (χ1v) is 7.47. The Hall–Kier alpha value is -1.31. The van der Waals surface area contributed by atoms with Gasteiger partial charge in [-0.2, -0.15) is 0 Å². The highest BCUT2D eigenvalue weighted by Gasteiger charge is 2.29. The van der Waals surface area contributed by atoms with E-state index in [4.69, 9.17) is 4.74 Å². The monoisotopic (exact) mass is 258 g/mol. The van der Waals surface area contributed by atoms with Gasteiger partial charge in [-0.3, -0.25) is 4.79 Å². The molecule has 0 amide bonds. The number of benzene rings is 1. The summed E-state index contributed by atoms with van der Waals surface area (Å²) in [5.41, 5.74) is 2.76. The minimum atomic E-state index is 0.363. The van der Waals surface area contributed by atoms with Gasteiger partial charge in [0.2, 0.25) is 0 Å². The van der Waals surface area contributed by atoms with E-state index in [9.17, 15) is 4.79 Å². The first kappa shape index (κ1) is 12.7. The molecule has 1 atom stereocenters. The van der Waals surface area contributed by atoms with Crippen LogP contribution < -0.4 is 4.74 Å². The summed E-state index contributed by atoms with van der Waals surface area (Å²) in [6.07, 6.45) is 7.71. The molecule has 0 aromatic heterocycles. The highest BCUT2D eigenvalue weighted by atomic mass is 16.5. The summed E-state index contributed by atoms with van der Waals surface area (Å²) in [4.78, 5) is 12.3. The number of ketones is 1. The quantitative estimate of drug-likeness (QED) is 0.819. The molecule has 0 saturated heterocycles. The minimum absolute atomic E-state index is 0.363. The summed E-state index contributed by atoms with van der Waals surface area (Å²) in [5.74, 6) is 2.25. The Labute approximate surface area is 115 Å². The Kier molecular flexibility index (Phi) is 3.58. The van der Waals surface area contributed by atoms with E-state index in [0.717, 1.165) is 37.9 Å². The molecule has 1 unspecified atom stereocenters. The number of rotatable bonds is 4. The van der Waals surface area contributed by atoms with E-state index in [2.05, 4.69) is 12.1 Å². The molecular formula is C17H22O2. The van der Waals surface area contributed by atoms with Crippen molar-refractivity contribution in [2.75, 3.05) is 7.11 Å². The summed E-state index contributed by atoms with van der Waals surface area (Å²) in [6, 6.07) is 6.32. The number of Topliss-reactive ketones (excluding diaryl/α,β-unsaturated/α-hetero) is 1. The van der Waals surface area contributed by atoms with Crippen LogP contribution in [0.4, 0.5) is 0 Å². The highest BCUT2D eigenvalue weighted by Crippen LogP contribution is 2.39. The molecule has 0 spiro atoms. The second-order valence-corrected chi connectivity index (χ2v) is 5.95. The van der Waals surface area contributed by atoms with E-state index >= 15 is 0 Å². The fraction of sp³-hybridized carbons (Fsp3) is 0.588. The van der Waals surface area contributed by atoms with Gasteiger partial charge in [0, 0.05) is 12.3 Å². The summed E-state index contributed by atoms with van der Waals surface area (Å²) in [6.45, 7) is 0. The van der Waals surface area contributed by atoms with Crippen molar-refractivity contribution in [2.24, 2.45) is 5.92 Å². The molecule has 1 fully saturated rings. The van der Waals surface area contributed by atoms with Crippen LogP contribution in [-0.2, 0) is 11.2 Å². The van der Waals surface area contributed by atoms with Crippen LogP contribution >= 0.6 is 0 Å². The molecule has 0 radical (unpaired) electrons. The standard InChI is InChI=1S/C17H22O2/c1-19-15-8-9-16-13(10-15)6-7-14(16)11-17(18)12-4-2-3-5-12/h8-10,12,14H,2-7,11H2,1H3. The number of carbonyl (C=O) groups excluding carboxylic acids is 1. The Bertz CT molecular complexity index is 472. The average molecular weight is 258 g/mol. The van der Waals surface area contributed by atoms with Gasteiger partial charge in [-0.05, 0) is 54.9 Å². The van der Waals surface area contributed by atoms with Gasteiger partial charge in [0.25, 0.3) is 0 Å². The SMILES string of the molecule is COc1ccc2c(c1)CCC2CC(=O)C1CCCC1. The van der Waals surface area contributed by atoms with E-state index in [1.54, 1.807) is 7.11 Å². The van der Waals surface area contributed by atoms with Gasteiger partial charge in [0.15, 0.2) is 0 Å². The maximum Gasteiger partial charge on any atom is 0.136 e. The van der Waals surface area contributed by atoms with Crippen LogP contribution in [0.5, 0.6) is 5.75 Å². The molecule has 2 aliphatic carbocycles. The van der Waals surface area contributed by atoms with Crippen LogP contribution in [0.1, 0.15) is 55.6 Å². The average Bonchev–Trinajstić information content (AvgIpc) is 3.08. The van der Waals surface area contributed by atoms with Crippen molar-refractivity contribution in [3.05, 3.63) is 29.3 Å². The fourth-order valence-corrected chi connectivity index (χ4v) is 3.68. The van der Waals surface area contributed by atoms with Crippen molar-refractivity contribution >= 4 is 5.78 Å². The number of aryl methyl sites for hydroxylation is 1. The van der Waals surface area contributed by atoms with Gasteiger partial charge in [0.1, 0.15) is 11.5 Å². The Morgan fingerprint density at radius 3 is 2.79 bits per heavy atom. The zero-order chi connectivity index (χ0) is 13.2. The van der Waals surface area contributed by atoms with Crippen LogP contribution in [0.3, 0.4) is 0 Å². The van der Waals surface area contributed by atoms with Gasteiger partial charge in [-0.25, -0.2) is 0 Å². The maximum atomic E-state index is 12.3. The summed E-state index contributed by atoms with van der Waals surface area (Å²) in [7, 11) is 1.71. The Morgan fingerprint density at radius 1 is 1.26 bits per heavy atom. The first-order chi connectivity index (χ1) is 9.28. The number of hydrogen-bond acceptors (Lipinski definition) is 2. The van der Waals surface area contributed by atoms with E-state index in [1.807, 2.05) is 6.07 Å². The lowest BCUT2D eigenvalue weighted by molar-refractivity contribution is -0.123. The molecule has 1 aromatic carbocycles. The second kappa shape index (κ2) is 5.36. The van der Waals surface area contributed by atoms with Crippen LogP contribution in [-0.4, -0.2) is 12.9 Å². The van der Waals surface area contributed by atoms with Gasteiger partial charge in [0.05, 0.1) is 7.11 Å². The number of carbonyl (C=O) groups is 1. The molecule has 2 nitrogen and oxygen atoms in total. The topological polar surface area (TPSA) is 26.3 Å². The highest BCUT2D eigenvalue weighted by molar-refractivity contribution is 5.82. The Balaban J connectivity index is 1.70. The van der Waals surface area contributed by atoms with E-state index in [0.29, 0.717) is 17.6 Å². The van der Waals surface area contributed by atoms with E-state index < -0.39 is 0 Å². The van der Waals surface area contributed by atoms with E-state index in [-0.39, 0.29) is 0 Å². The number of fused-ring (bicyclic) bond motifs is 1. The lowest BCUT2D eigenvalue weighted by Gasteiger charge is -2.14. The molecule has 2 heteroatoms. The largest absolute Gasteiger partial charge is 0.497 e. The summed E-state index contributed by atoms with van der Waals surface area (Å²) in [5, 5.41) is 0. The molecule has 3 rings (SSSR count). The lowest BCUT2D eigenvalue weighted by Crippen LogP contribution is -2.13. The van der Waals surface area contributed by atoms with Crippen molar-refractivity contribution in [3.8, 4) is 5.75 Å². The predicted octanol–water partition coefficient (Wildman–Crippen LogP) is 3.87. The first-order valence-electron chi connectivity index (χ1n) is 7.47. The molecule has 1 saturated carbocycles. The Morgan fingerprint density at radius 2 is 2.05 bits per heavy atom. The third-order valence-electron chi connectivity index (χ3n) is 4.81. The third-order valence-corrected chi connectivity index (χ3v) is 4.81. The zero-order valence-corrected chi connectivity index (χ0v) is 11.7. The number of methoxy groups -OCH3 is 1. The van der Waals surface area contributed by atoms with Gasteiger partial charge in [-0.15, -0.1) is 0 Å². The van der Waals surface area contributed by atoms with Crippen molar-refractivity contribution in [2.45, 2.75) is 50.9 Å². The summed E-state index contributed by atoms with van der Waals surface area (Å²) >= 11 is 0. The molecular weight excluding hydrogens is 236 g/mol. The molecule has 1 aromatic rings. The van der Waals surface area contributed by atoms with Gasteiger partial charge in [-0.1, -0.05) is 18.9 Å². The van der Waals surface area contributed by atoms with Gasteiger partial charge < -0.3 is 4.74 Å². The van der Waals surface area contributed by atoms with E-state index in [1.165, 1.54) is 24.0 Å². The third kappa shape index (κ3) is 2.54. The van der Waals surface area contributed by atoms with Crippen molar-refractivity contribution in [3.63, 3.8) is 0 Å². The van der Waals surface area contributed by atoms with Crippen LogP contribution in [0.15, 0.2) is 18.2 Å². The van der Waals surface area contributed by atoms with Crippen molar-refractivity contribution in [1.82, 2.24) is 0 Å². The van der Waals surface area contributed by atoms with Crippen LogP contribution in [0.25, 0.3) is 0 Å². The summed E-state index contributed by atoms with van der Waals surface area (Å²) < 4.78 is 5.27. The van der Waals surface area contributed by atoms with Gasteiger partial charge >= 0.3 is 0 Å². The molecule has 102 valence electrons. The molecule has 0 heterocycles. The normalized spacial score (nSPS) is 22.5. The lowest BCUT2D eigenvalue weighted by atomic mass is 9.90. The second-order valence-electron chi connectivity index (χ2n) is 5.95. The molecule has 0 bridgehead atoms. The zero-order valence-electron chi connectivity index (χ0n) is 11.7. The minimum Gasteiger partial charge on any atom is -0.497 e. The molecule has 2 aliphatic rings. The molecule has 19 heavy (non-hydrogen) atoms. The maximum absolute atomic E-state index is 12.3.